The van der Waals surface area contributed by atoms with E-state index in [1.54, 1.807) is 13.4 Å². The number of rotatable bonds is 10. The summed E-state index contributed by atoms with van der Waals surface area (Å²) in [6.45, 7) is 1.17. The summed E-state index contributed by atoms with van der Waals surface area (Å²) in [7, 11) is 1.64. The van der Waals surface area contributed by atoms with Crippen LogP contribution in [0.25, 0.3) is 11.4 Å². The molecule has 1 aliphatic rings. The van der Waals surface area contributed by atoms with Gasteiger partial charge in [-0.1, -0.05) is 23.4 Å². The summed E-state index contributed by atoms with van der Waals surface area (Å²) in [5.41, 5.74) is 2.38. The fourth-order valence-electron chi connectivity index (χ4n) is 3.73. The van der Waals surface area contributed by atoms with Crippen molar-refractivity contribution in [3.63, 3.8) is 0 Å². The fourth-order valence-corrected chi connectivity index (χ4v) is 4.49. The third kappa shape index (κ3) is 5.82. The second-order valence-corrected chi connectivity index (χ2v) is 8.64. The van der Waals surface area contributed by atoms with Crippen LogP contribution in [0.15, 0.2) is 63.9 Å². The van der Waals surface area contributed by atoms with Gasteiger partial charge in [0.1, 0.15) is 11.5 Å². The van der Waals surface area contributed by atoms with Gasteiger partial charge >= 0.3 is 0 Å². The molecule has 32 heavy (non-hydrogen) atoms. The second kappa shape index (κ2) is 11.0. The van der Waals surface area contributed by atoms with Crippen molar-refractivity contribution in [2.75, 3.05) is 19.4 Å². The Kier molecular flexibility index (Phi) is 7.66. The Bertz CT molecular complexity index is 1040. The molecule has 1 aromatic carbocycles. The van der Waals surface area contributed by atoms with Crippen molar-refractivity contribution in [3.05, 3.63) is 60.1 Å². The summed E-state index contributed by atoms with van der Waals surface area (Å²) in [6.07, 6.45) is 9.78. The molecule has 0 fully saturated rings. The van der Waals surface area contributed by atoms with E-state index in [-0.39, 0.29) is 11.7 Å². The largest absolute Gasteiger partial charge is 0.497 e. The normalized spacial score (nSPS) is 13.6. The summed E-state index contributed by atoms with van der Waals surface area (Å²) in [6, 6.07) is 11.4. The molecule has 0 radical (unpaired) electrons. The summed E-state index contributed by atoms with van der Waals surface area (Å²) in [5, 5.41) is 12.5. The van der Waals surface area contributed by atoms with Crippen LogP contribution in [0.3, 0.4) is 0 Å². The average Bonchev–Trinajstić information content (AvgIpc) is 3.49. The lowest BCUT2D eigenvalue weighted by Gasteiger charge is -2.13. The highest BCUT2D eigenvalue weighted by atomic mass is 32.2. The quantitative estimate of drug-likeness (QED) is 0.355. The van der Waals surface area contributed by atoms with Crippen LogP contribution in [0, 0.1) is 0 Å². The third-order valence-electron chi connectivity index (χ3n) is 5.44. The summed E-state index contributed by atoms with van der Waals surface area (Å²) in [4.78, 5) is 12.4. The van der Waals surface area contributed by atoms with Gasteiger partial charge in [0.15, 0.2) is 11.0 Å². The number of benzene rings is 1. The monoisotopic (exact) mass is 452 g/mol. The Morgan fingerprint density at radius 2 is 2.09 bits per heavy atom. The van der Waals surface area contributed by atoms with Crippen molar-refractivity contribution >= 4 is 17.7 Å². The number of amides is 1. The number of allylic oxidation sites excluding steroid dienone is 1. The molecular weight excluding hydrogens is 424 g/mol. The molecule has 0 aliphatic heterocycles. The van der Waals surface area contributed by atoms with Gasteiger partial charge in [-0.05, 0) is 68.5 Å². The number of carbonyl (C=O) groups excluding carboxylic acids is 1. The topological polar surface area (TPSA) is 82.2 Å². The fraction of sp³-hybridized carbons (Fsp3) is 0.375. The highest BCUT2D eigenvalue weighted by Gasteiger charge is 2.17. The highest BCUT2D eigenvalue weighted by molar-refractivity contribution is 7.99. The zero-order valence-corrected chi connectivity index (χ0v) is 19.1. The van der Waals surface area contributed by atoms with Crippen LogP contribution in [0.1, 0.15) is 37.9 Å². The van der Waals surface area contributed by atoms with E-state index in [0.717, 1.165) is 35.7 Å². The molecular formula is C24H28N4O3S. The van der Waals surface area contributed by atoms with E-state index in [4.69, 9.17) is 9.15 Å². The van der Waals surface area contributed by atoms with Crippen molar-refractivity contribution in [3.8, 4) is 17.1 Å². The molecule has 0 atom stereocenters. The number of furan rings is 1. The number of hydrogen-bond acceptors (Lipinski definition) is 6. The molecule has 0 saturated carbocycles. The lowest BCUT2D eigenvalue weighted by molar-refractivity contribution is -0.118. The number of nitrogens with zero attached hydrogens (tertiary/aromatic N) is 3. The minimum atomic E-state index is 0.00459. The number of carbonyl (C=O) groups is 1. The van der Waals surface area contributed by atoms with Crippen LogP contribution in [0.5, 0.6) is 5.75 Å². The Labute approximate surface area is 192 Å². The molecule has 0 saturated heterocycles. The molecule has 0 unspecified atom stereocenters. The van der Waals surface area contributed by atoms with Gasteiger partial charge in [-0.25, -0.2) is 0 Å². The molecule has 0 spiro atoms. The Morgan fingerprint density at radius 3 is 2.81 bits per heavy atom. The number of hydrogen-bond donors (Lipinski definition) is 1. The SMILES string of the molecule is COc1ccc(-c2nnc(SCC(=O)NCCC3=CCCCC3)n2Cc2ccco2)cc1. The van der Waals surface area contributed by atoms with Crippen molar-refractivity contribution < 1.29 is 13.9 Å². The first-order valence-electron chi connectivity index (χ1n) is 10.9. The first-order valence-corrected chi connectivity index (χ1v) is 11.9. The van der Waals surface area contributed by atoms with Crippen LogP contribution >= 0.6 is 11.8 Å². The third-order valence-corrected chi connectivity index (χ3v) is 6.41. The summed E-state index contributed by atoms with van der Waals surface area (Å²) >= 11 is 1.38. The van der Waals surface area contributed by atoms with E-state index in [9.17, 15) is 4.79 Å². The van der Waals surface area contributed by atoms with Crippen LogP contribution < -0.4 is 10.1 Å². The molecule has 0 bridgehead atoms. The van der Waals surface area contributed by atoms with Gasteiger partial charge < -0.3 is 14.5 Å². The maximum absolute atomic E-state index is 12.4. The number of aromatic nitrogens is 3. The first kappa shape index (κ1) is 22.2. The van der Waals surface area contributed by atoms with Gasteiger partial charge in [0.05, 0.1) is 25.7 Å². The average molecular weight is 453 g/mol. The smallest absolute Gasteiger partial charge is 0.230 e. The molecule has 1 aliphatic carbocycles. The standard InChI is InChI=1S/C24H28N4O3S/c1-30-20-11-9-19(10-12-20)23-26-27-24(28(23)16-21-8-5-15-31-21)32-17-22(29)25-14-13-18-6-3-2-4-7-18/h5-6,8-12,15H,2-4,7,13-14,16-17H2,1H3,(H,25,29). The van der Waals surface area contributed by atoms with Gasteiger partial charge in [-0.3, -0.25) is 9.36 Å². The zero-order valence-electron chi connectivity index (χ0n) is 18.3. The summed E-state index contributed by atoms with van der Waals surface area (Å²) < 4.78 is 12.8. The predicted molar refractivity (Wildman–Crippen MR) is 125 cm³/mol. The zero-order chi connectivity index (χ0) is 22.2. The van der Waals surface area contributed by atoms with Crippen molar-refractivity contribution in [1.82, 2.24) is 20.1 Å². The molecule has 1 N–H and O–H groups in total. The maximum Gasteiger partial charge on any atom is 0.230 e. The molecule has 3 aromatic rings. The number of methoxy groups -OCH3 is 1. The minimum absolute atomic E-state index is 0.00459. The van der Waals surface area contributed by atoms with Crippen LogP contribution in [-0.2, 0) is 11.3 Å². The predicted octanol–water partition coefficient (Wildman–Crippen LogP) is 4.69. The van der Waals surface area contributed by atoms with Crippen LogP contribution in [0.2, 0.25) is 0 Å². The van der Waals surface area contributed by atoms with Gasteiger partial charge in [0.25, 0.3) is 0 Å². The second-order valence-electron chi connectivity index (χ2n) is 7.70. The first-order chi connectivity index (χ1) is 15.7. The lowest BCUT2D eigenvalue weighted by atomic mass is 9.97. The molecule has 8 heteroatoms. The molecule has 168 valence electrons. The van der Waals surface area contributed by atoms with E-state index >= 15 is 0 Å². The maximum atomic E-state index is 12.4. The molecule has 4 rings (SSSR count). The van der Waals surface area contributed by atoms with Gasteiger partial charge in [0, 0.05) is 12.1 Å². The van der Waals surface area contributed by atoms with E-state index < -0.39 is 0 Å². The Hall–Kier alpha value is -3.00. The Balaban J connectivity index is 1.41. The van der Waals surface area contributed by atoms with E-state index in [1.807, 2.05) is 41.0 Å². The molecule has 2 aromatic heterocycles. The lowest BCUT2D eigenvalue weighted by Crippen LogP contribution is -2.26. The van der Waals surface area contributed by atoms with E-state index in [2.05, 4.69) is 21.6 Å². The molecule has 7 nitrogen and oxygen atoms in total. The number of thioether (sulfide) groups is 1. The van der Waals surface area contributed by atoms with Crippen molar-refractivity contribution in [1.29, 1.82) is 0 Å². The summed E-state index contributed by atoms with van der Waals surface area (Å²) in [5.74, 6) is 2.59. The van der Waals surface area contributed by atoms with Gasteiger partial charge in [0.2, 0.25) is 5.91 Å². The number of nitrogens with one attached hydrogen (secondary N) is 1. The number of ether oxygens (including phenoxy) is 1. The minimum Gasteiger partial charge on any atom is -0.497 e. The molecule has 1 amide bonds. The molecule has 2 heterocycles. The van der Waals surface area contributed by atoms with Gasteiger partial charge in [-0.15, -0.1) is 10.2 Å². The van der Waals surface area contributed by atoms with Crippen molar-refractivity contribution in [2.45, 2.75) is 43.8 Å². The Morgan fingerprint density at radius 1 is 1.22 bits per heavy atom. The van der Waals surface area contributed by atoms with E-state index in [0.29, 0.717) is 18.2 Å². The highest BCUT2D eigenvalue weighted by Crippen LogP contribution is 2.27. The van der Waals surface area contributed by atoms with Crippen LogP contribution in [-0.4, -0.2) is 40.1 Å². The van der Waals surface area contributed by atoms with Crippen molar-refractivity contribution in [2.24, 2.45) is 0 Å². The van der Waals surface area contributed by atoms with Gasteiger partial charge in [-0.2, -0.15) is 0 Å². The van der Waals surface area contributed by atoms with E-state index in [1.165, 1.54) is 36.6 Å². The van der Waals surface area contributed by atoms with Crippen LogP contribution in [0.4, 0.5) is 0 Å².